The fourth-order valence-corrected chi connectivity index (χ4v) is 1.97. The Kier molecular flexibility index (Phi) is 4.34. The minimum atomic E-state index is -0.207. The molecule has 0 saturated heterocycles. The van der Waals surface area contributed by atoms with Crippen molar-refractivity contribution < 1.29 is 4.39 Å². The quantitative estimate of drug-likeness (QED) is 0.893. The summed E-state index contributed by atoms with van der Waals surface area (Å²) in [5.74, 6) is 0.647. The van der Waals surface area contributed by atoms with Gasteiger partial charge in [-0.3, -0.25) is 0 Å². The zero-order valence-electron chi connectivity index (χ0n) is 11.2. The maximum atomic E-state index is 12.9. The predicted octanol–water partition coefficient (Wildman–Crippen LogP) is 3.29. The lowest BCUT2D eigenvalue weighted by Gasteiger charge is -2.23. The topological polar surface area (TPSA) is 28.2 Å². The van der Waals surface area contributed by atoms with Gasteiger partial charge in [-0.05, 0) is 48.9 Å². The number of benzene rings is 1. The molecule has 0 aliphatic carbocycles. The highest BCUT2D eigenvalue weighted by molar-refractivity contribution is 5.47. The molecular weight excluding hydrogens is 241 g/mol. The maximum Gasteiger partial charge on any atom is 0.125 e. The highest BCUT2D eigenvalue weighted by atomic mass is 19.1. The second-order valence-corrected chi connectivity index (χ2v) is 4.29. The predicted molar refractivity (Wildman–Crippen MR) is 76.9 cm³/mol. The summed E-state index contributed by atoms with van der Waals surface area (Å²) in [5, 5.41) is 3.03. The third kappa shape index (κ3) is 3.44. The highest BCUT2D eigenvalue weighted by Gasteiger charge is 2.06. The molecule has 1 aromatic heterocycles. The molecule has 2 aromatic rings. The van der Waals surface area contributed by atoms with Gasteiger partial charge < -0.3 is 10.2 Å². The molecule has 0 bridgehead atoms. The van der Waals surface area contributed by atoms with Crippen LogP contribution in [0.5, 0.6) is 0 Å². The molecule has 2 rings (SSSR count). The van der Waals surface area contributed by atoms with E-state index in [1.807, 2.05) is 19.2 Å². The van der Waals surface area contributed by atoms with Crippen molar-refractivity contribution in [3.63, 3.8) is 0 Å². The third-order valence-electron chi connectivity index (χ3n) is 3.03. The Bertz CT molecular complexity index is 525. The van der Waals surface area contributed by atoms with Crippen LogP contribution in [0.1, 0.15) is 12.5 Å². The number of nitrogens with one attached hydrogen (secondary N) is 1. The van der Waals surface area contributed by atoms with Crippen LogP contribution in [-0.4, -0.2) is 18.6 Å². The molecule has 1 N–H and O–H groups in total. The van der Waals surface area contributed by atoms with Gasteiger partial charge in [-0.2, -0.15) is 0 Å². The van der Waals surface area contributed by atoms with Gasteiger partial charge in [-0.1, -0.05) is 0 Å². The van der Waals surface area contributed by atoms with Gasteiger partial charge in [0, 0.05) is 32.0 Å². The van der Waals surface area contributed by atoms with Gasteiger partial charge in [-0.25, -0.2) is 9.37 Å². The van der Waals surface area contributed by atoms with Crippen molar-refractivity contribution in [3.8, 4) is 0 Å². The highest BCUT2D eigenvalue weighted by Crippen LogP contribution is 2.18. The lowest BCUT2D eigenvalue weighted by Crippen LogP contribution is -2.22. The van der Waals surface area contributed by atoms with E-state index in [0.717, 1.165) is 24.6 Å². The Hall–Kier alpha value is -2.10. The summed E-state index contributed by atoms with van der Waals surface area (Å²) in [5.41, 5.74) is 2.19. The first-order chi connectivity index (χ1) is 9.22. The van der Waals surface area contributed by atoms with E-state index in [2.05, 4.69) is 22.1 Å². The van der Waals surface area contributed by atoms with Crippen LogP contribution < -0.4 is 10.2 Å². The van der Waals surface area contributed by atoms with Gasteiger partial charge in [-0.15, -0.1) is 0 Å². The van der Waals surface area contributed by atoms with E-state index in [1.165, 1.54) is 17.7 Å². The summed E-state index contributed by atoms with van der Waals surface area (Å²) in [4.78, 5) is 6.38. The number of halogens is 1. The first-order valence-corrected chi connectivity index (χ1v) is 6.36. The number of aromatic nitrogens is 1. The molecule has 0 radical (unpaired) electrons. The molecule has 4 heteroatoms. The molecular formula is C15H18FN3. The second-order valence-electron chi connectivity index (χ2n) is 4.29. The minimum absolute atomic E-state index is 0.207. The van der Waals surface area contributed by atoms with Crippen molar-refractivity contribution in [2.75, 3.05) is 23.8 Å². The lowest BCUT2D eigenvalue weighted by molar-refractivity contribution is 0.627. The fourth-order valence-electron chi connectivity index (χ4n) is 1.97. The summed E-state index contributed by atoms with van der Waals surface area (Å²) in [6, 6.07) is 10.6. The Morgan fingerprint density at radius 2 is 1.95 bits per heavy atom. The average Bonchev–Trinajstić information content (AvgIpc) is 2.46. The van der Waals surface area contributed by atoms with Crippen LogP contribution in [0.3, 0.4) is 0 Å². The number of hydrogen-bond acceptors (Lipinski definition) is 3. The fraction of sp³-hybridized carbons (Fsp3) is 0.267. The van der Waals surface area contributed by atoms with Crippen LogP contribution in [-0.2, 0) is 6.54 Å². The number of hydrogen-bond donors (Lipinski definition) is 1. The van der Waals surface area contributed by atoms with Gasteiger partial charge >= 0.3 is 0 Å². The van der Waals surface area contributed by atoms with Crippen molar-refractivity contribution in [1.29, 1.82) is 0 Å². The molecule has 0 unspecified atom stereocenters. The third-order valence-corrected chi connectivity index (χ3v) is 3.03. The zero-order valence-corrected chi connectivity index (χ0v) is 11.2. The van der Waals surface area contributed by atoms with Gasteiger partial charge in [0.05, 0.1) is 0 Å². The number of anilines is 2. The first-order valence-electron chi connectivity index (χ1n) is 6.36. The summed E-state index contributed by atoms with van der Waals surface area (Å²) >= 11 is 0. The SMILES string of the molecule is CCN(Cc1ccnc(NC)c1)c1ccc(F)cc1. The van der Waals surface area contributed by atoms with Crippen LogP contribution in [0.2, 0.25) is 0 Å². The zero-order chi connectivity index (χ0) is 13.7. The molecule has 3 nitrogen and oxygen atoms in total. The maximum absolute atomic E-state index is 12.9. The van der Waals surface area contributed by atoms with Gasteiger partial charge in [0.1, 0.15) is 11.6 Å². The molecule has 0 amide bonds. The summed E-state index contributed by atoms with van der Waals surface area (Å²) < 4.78 is 12.9. The Balaban J connectivity index is 2.16. The van der Waals surface area contributed by atoms with Crippen molar-refractivity contribution in [2.45, 2.75) is 13.5 Å². The Morgan fingerprint density at radius 1 is 1.21 bits per heavy atom. The summed E-state index contributed by atoms with van der Waals surface area (Å²) in [7, 11) is 1.85. The smallest absolute Gasteiger partial charge is 0.125 e. The van der Waals surface area contributed by atoms with Crippen LogP contribution in [0.25, 0.3) is 0 Å². The number of pyridine rings is 1. The minimum Gasteiger partial charge on any atom is -0.373 e. The normalized spacial score (nSPS) is 10.3. The van der Waals surface area contributed by atoms with Crippen LogP contribution in [0.15, 0.2) is 42.6 Å². The largest absolute Gasteiger partial charge is 0.373 e. The van der Waals surface area contributed by atoms with E-state index in [0.29, 0.717) is 0 Å². The van der Waals surface area contributed by atoms with Crippen LogP contribution in [0.4, 0.5) is 15.9 Å². The molecule has 100 valence electrons. The number of nitrogens with zero attached hydrogens (tertiary/aromatic N) is 2. The van der Waals surface area contributed by atoms with Gasteiger partial charge in [0.2, 0.25) is 0 Å². The molecule has 0 fully saturated rings. The Labute approximate surface area is 113 Å². The van der Waals surface area contributed by atoms with Crippen LogP contribution in [0, 0.1) is 5.82 Å². The van der Waals surface area contributed by atoms with Gasteiger partial charge in [0.25, 0.3) is 0 Å². The molecule has 19 heavy (non-hydrogen) atoms. The van der Waals surface area contributed by atoms with E-state index in [4.69, 9.17) is 0 Å². The van der Waals surface area contributed by atoms with E-state index in [9.17, 15) is 4.39 Å². The first kappa shape index (κ1) is 13.3. The molecule has 0 saturated carbocycles. The van der Waals surface area contributed by atoms with Crippen molar-refractivity contribution in [3.05, 3.63) is 54.0 Å². The standard InChI is InChI=1S/C15H18FN3/c1-3-19(14-6-4-13(16)5-7-14)11-12-8-9-18-15(10-12)17-2/h4-10H,3,11H2,1-2H3,(H,17,18). The summed E-state index contributed by atoms with van der Waals surface area (Å²) in [6.45, 7) is 3.73. The van der Waals surface area contributed by atoms with Crippen molar-refractivity contribution in [1.82, 2.24) is 4.98 Å². The van der Waals surface area contributed by atoms with Crippen molar-refractivity contribution >= 4 is 11.5 Å². The number of rotatable bonds is 5. The van der Waals surface area contributed by atoms with Crippen molar-refractivity contribution in [2.24, 2.45) is 0 Å². The molecule has 0 aliphatic rings. The Morgan fingerprint density at radius 3 is 2.58 bits per heavy atom. The average molecular weight is 259 g/mol. The van der Waals surface area contributed by atoms with E-state index in [1.54, 1.807) is 18.3 Å². The van der Waals surface area contributed by atoms with E-state index >= 15 is 0 Å². The monoisotopic (exact) mass is 259 g/mol. The van der Waals surface area contributed by atoms with E-state index in [-0.39, 0.29) is 5.82 Å². The van der Waals surface area contributed by atoms with E-state index < -0.39 is 0 Å². The second kappa shape index (κ2) is 6.18. The lowest BCUT2D eigenvalue weighted by atomic mass is 10.2. The molecule has 0 aliphatic heterocycles. The molecule has 0 spiro atoms. The van der Waals surface area contributed by atoms with Crippen LogP contribution >= 0.6 is 0 Å². The molecule has 1 heterocycles. The molecule has 1 aromatic carbocycles. The van der Waals surface area contributed by atoms with Gasteiger partial charge in [0.15, 0.2) is 0 Å². The summed E-state index contributed by atoms with van der Waals surface area (Å²) in [6.07, 6.45) is 1.79. The molecule has 0 atom stereocenters.